The van der Waals surface area contributed by atoms with E-state index in [2.05, 4.69) is 43.7 Å². The summed E-state index contributed by atoms with van der Waals surface area (Å²) < 4.78 is 11.5. The Morgan fingerprint density at radius 1 is 1.27 bits per heavy atom. The van der Waals surface area contributed by atoms with Gasteiger partial charge in [-0.3, -0.25) is 0 Å². The normalized spacial score (nSPS) is 24.6. The quantitative estimate of drug-likeness (QED) is 0.499. The van der Waals surface area contributed by atoms with E-state index in [1.807, 2.05) is 44.4 Å². The van der Waals surface area contributed by atoms with E-state index in [-0.39, 0.29) is 29.7 Å². The molecule has 0 aromatic rings. The van der Waals surface area contributed by atoms with Crippen LogP contribution in [0.1, 0.15) is 81.1 Å². The minimum atomic E-state index is -0.548. The molecule has 0 radical (unpaired) electrons. The minimum absolute atomic E-state index is 0.0652. The zero-order valence-corrected chi connectivity index (χ0v) is 24.2. The Morgan fingerprint density at radius 2 is 2.00 bits per heavy atom. The molecule has 3 aliphatic rings. The zero-order valence-electron chi connectivity index (χ0n) is 24.2. The van der Waals surface area contributed by atoms with Gasteiger partial charge in [0.05, 0.1) is 24.8 Å². The number of allylic oxidation sites excluding steroid dienone is 3. The topological polar surface area (TPSA) is 83.1 Å². The van der Waals surface area contributed by atoms with E-state index >= 15 is 0 Å². The molecule has 0 unspecified atom stereocenters. The Kier molecular flexibility index (Phi) is 9.37. The number of amides is 3. The maximum absolute atomic E-state index is 13.2. The summed E-state index contributed by atoms with van der Waals surface area (Å²) in [7, 11) is 0. The number of carbonyl (C=O) groups excluding carboxylic acids is 2. The number of morpholine rings is 1. The molecular formula is C29H48N4O4. The summed E-state index contributed by atoms with van der Waals surface area (Å²) in [6.45, 7) is 18.9. The van der Waals surface area contributed by atoms with E-state index < -0.39 is 5.60 Å². The molecule has 1 aliphatic carbocycles. The molecule has 2 atom stereocenters. The number of hydrogen-bond acceptors (Lipinski definition) is 5. The van der Waals surface area contributed by atoms with Crippen molar-refractivity contribution >= 4 is 12.1 Å². The van der Waals surface area contributed by atoms with E-state index in [0.717, 1.165) is 42.5 Å². The summed E-state index contributed by atoms with van der Waals surface area (Å²) in [5.74, 6) is 0.273. The molecule has 208 valence electrons. The van der Waals surface area contributed by atoms with Crippen molar-refractivity contribution in [1.29, 1.82) is 0 Å². The van der Waals surface area contributed by atoms with Crippen molar-refractivity contribution < 1.29 is 19.1 Å². The van der Waals surface area contributed by atoms with Crippen molar-refractivity contribution in [3.05, 3.63) is 34.7 Å². The SMILES string of the molecule is CC/C(C)=C\NC1=C(CNC(=O)N2CCOC(C)(C)C2)C([C@@H]2CCCN2C(=O)OC(C)(C)C)=CC[C@@H]1C. The number of carbonyl (C=O) groups is 2. The molecule has 2 heterocycles. The number of rotatable bonds is 6. The first-order chi connectivity index (χ1) is 17.3. The van der Waals surface area contributed by atoms with Crippen LogP contribution in [0, 0.1) is 5.92 Å². The molecule has 0 aromatic carbocycles. The van der Waals surface area contributed by atoms with Crippen LogP contribution in [-0.4, -0.2) is 72.0 Å². The monoisotopic (exact) mass is 516 g/mol. The predicted molar refractivity (Wildman–Crippen MR) is 147 cm³/mol. The van der Waals surface area contributed by atoms with Crippen molar-refractivity contribution in [1.82, 2.24) is 20.4 Å². The second-order valence-electron chi connectivity index (χ2n) is 12.2. The summed E-state index contributed by atoms with van der Waals surface area (Å²) in [5, 5.41) is 6.77. The van der Waals surface area contributed by atoms with Gasteiger partial charge in [-0.15, -0.1) is 0 Å². The van der Waals surface area contributed by atoms with E-state index in [1.54, 1.807) is 0 Å². The van der Waals surface area contributed by atoms with Crippen LogP contribution < -0.4 is 10.6 Å². The number of likely N-dealkylation sites (tertiary alicyclic amines) is 1. The summed E-state index contributed by atoms with van der Waals surface area (Å²) in [6, 6.07) is -0.152. The van der Waals surface area contributed by atoms with Gasteiger partial charge in [-0.25, -0.2) is 9.59 Å². The fourth-order valence-corrected chi connectivity index (χ4v) is 5.16. The van der Waals surface area contributed by atoms with Crippen LogP contribution >= 0.6 is 0 Å². The first-order valence-corrected chi connectivity index (χ1v) is 13.8. The first-order valence-electron chi connectivity index (χ1n) is 13.8. The van der Waals surface area contributed by atoms with E-state index in [9.17, 15) is 9.59 Å². The standard InChI is InChI=1S/C29H48N4O4/c1-9-20(2)17-30-25-21(3)12-13-22(24-11-10-14-33(24)27(35)37-28(4,5)6)23(25)18-31-26(34)32-15-16-36-29(7,8)19-32/h13,17,21,24,30H,9-12,14-16,18-19H2,1-8H3,(H,31,34)/b20-17-/t21-,24-/m0/s1. The molecule has 2 aliphatic heterocycles. The number of urea groups is 1. The van der Waals surface area contributed by atoms with Crippen molar-refractivity contribution in [3.63, 3.8) is 0 Å². The second-order valence-corrected chi connectivity index (χ2v) is 12.2. The fourth-order valence-electron chi connectivity index (χ4n) is 5.16. The average molecular weight is 517 g/mol. The highest BCUT2D eigenvalue weighted by Gasteiger charge is 2.38. The van der Waals surface area contributed by atoms with Gasteiger partial charge in [-0.05, 0) is 90.5 Å². The van der Waals surface area contributed by atoms with Gasteiger partial charge in [-0.2, -0.15) is 0 Å². The Bertz CT molecular complexity index is 944. The molecule has 0 bridgehead atoms. The highest BCUT2D eigenvalue weighted by atomic mass is 16.6. The molecule has 2 N–H and O–H groups in total. The van der Waals surface area contributed by atoms with Gasteiger partial charge in [-0.1, -0.05) is 25.5 Å². The summed E-state index contributed by atoms with van der Waals surface area (Å²) >= 11 is 0. The molecule has 2 fully saturated rings. The van der Waals surface area contributed by atoms with Crippen LogP contribution in [0.4, 0.5) is 9.59 Å². The molecule has 2 saturated heterocycles. The molecular weight excluding hydrogens is 468 g/mol. The smallest absolute Gasteiger partial charge is 0.410 e. The van der Waals surface area contributed by atoms with Crippen molar-refractivity contribution in [2.75, 3.05) is 32.8 Å². The Morgan fingerprint density at radius 3 is 2.65 bits per heavy atom. The number of hydrogen-bond donors (Lipinski definition) is 2. The Labute approximate surface area is 223 Å². The van der Waals surface area contributed by atoms with Crippen LogP contribution in [0.3, 0.4) is 0 Å². The van der Waals surface area contributed by atoms with E-state index in [4.69, 9.17) is 9.47 Å². The molecule has 0 aromatic heterocycles. The Balaban J connectivity index is 1.88. The number of ether oxygens (including phenoxy) is 2. The summed E-state index contributed by atoms with van der Waals surface area (Å²) in [6.07, 6.45) is 7.71. The second kappa shape index (κ2) is 11.9. The van der Waals surface area contributed by atoms with Gasteiger partial charge in [0, 0.05) is 25.3 Å². The molecule has 8 heteroatoms. The van der Waals surface area contributed by atoms with Crippen molar-refractivity contribution in [2.24, 2.45) is 5.92 Å². The average Bonchev–Trinajstić information content (AvgIpc) is 3.30. The predicted octanol–water partition coefficient (Wildman–Crippen LogP) is 5.33. The maximum atomic E-state index is 13.2. The van der Waals surface area contributed by atoms with Crippen molar-refractivity contribution in [3.8, 4) is 0 Å². The number of nitrogens with one attached hydrogen (secondary N) is 2. The third-order valence-electron chi connectivity index (χ3n) is 7.26. The molecule has 3 rings (SSSR count). The van der Waals surface area contributed by atoms with Crippen LogP contribution in [0.15, 0.2) is 34.7 Å². The Hall–Kier alpha value is -2.48. The van der Waals surface area contributed by atoms with Gasteiger partial charge < -0.3 is 29.9 Å². The third-order valence-corrected chi connectivity index (χ3v) is 7.26. The molecule has 37 heavy (non-hydrogen) atoms. The minimum Gasteiger partial charge on any atom is -0.444 e. The summed E-state index contributed by atoms with van der Waals surface area (Å²) in [5.41, 5.74) is 3.66. The lowest BCUT2D eigenvalue weighted by atomic mass is 9.83. The van der Waals surface area contributed by atoms with Gasteiger partial charge in [0.15, 0.2) is 0 Å². The highest BCUT2D eigenvalue weighted by molar-refractivity contribution is 5.75. The maximum Gasteiger partial charge on any atom is 0.410 e. The van der Waals surface area contributed by atoms with Gasteiger partial charge in [0.1, 0.15) is 5.60 Å². The zero-order chi connectivity index (χ0) is 27.4. The van der Waals surface area contributed by atoms with Crippen LogP contribution in [0.5, 0.6) is 0 Å². The van der Waals surface area contributed by atoms with E-state index in [0.29, 0.717) is 32.8 Å². The van der Waals surface area contributed by atoms with Crippen molar-refractivity contribution in [2.45, 2.75) is 98.3 Å². The van der Waals surface area contributed by atoms with Crippen LogP contribution in [0.25, 0.3) is 0 Å². The van der Waals surface area contributed by atoms with Crippen LogP contribution in [-0.2, 0) is 9.47 Å². The summed E-state index contributed by atoms with van der Waals surface area (Å²) in [4.78, 5) is 30.0. The van der Waals surface area contributed by atoms with E-state index in [1.165, 1.54) is 5.57 Å². The number of nitrogens with zero attached hydrogens (tertiary/aromatic N) is 2. The lowest BCUT2D eigenvalue weighted by molar-refractivity contribution is -0.0732. The van der Waals surface area contributed by atoms with Gasteiger partial charge in [0.25, 0.3) is 0 Å². The van der Waals surface area contributed by atoms with Gasteiger partial charge >= 0.3 is 12.1 Å². The lowest BCUT2D eigenvalue weighted by Gasteiger charge is -2.38. The molecule has 8 nitrogen and oxygen atoms in total. The third kappa shape index (κ3) is 7.76. The molecule has 3 amide bonds. The van der Waals surface area contributed by atoms with Gasteiger partial charge in [0.2, 0.25) is 0 Å². The lowest BCUT2D eigenvalue weighted by Crippen LogP contribution is -2.53. The molecule has 0 saturated carbocycles. The fraction of sp³-hybridized carbons (Fsp3) is 0.724. The highest BCUT2D eigenvalue weighted by Crippen LogP contribution is 2.36. The largest absolute Gasteiger partial charge is 0.444 e. The van der Waals surface area contributed by atoms with Crippen LogP contribution in [0.2, 0.25) is 0 Å². The first kappa shape index (κ1) is 29.1. The molecule has 0 spiro atoms.